The van der Waals surface area contributed by atoms with Crippen molar-refractivity contribution in [2.75, 3.05) is 26.7 Å². The van der Waals surface area contributed by atoms with Crippen LogP contribution in [0.3, 0.4) is 0 Å². The van der Waals surface area contributed by atoms with Gasteiger partial charge in [-0.15, -0.1) is 0 Å². The predicted octanol–water partition coefficient (Wildman–Crippen LogP) is 1.67. The van der Waals surface area contributed by atoms with Gasteiger partial charge in [-0.3, -0.25) is 4.79 Å². The van der Waals surface area contributed by atoms with Crippen LogP contribution in [0.5, 0.6) is 5.75 Å². The molecular weight excluding hydrogens is 228 g/mol. The van der Waals surface area contributed by atoms with Crippen LogP contribution >= 0.6 is 0 Å². The van der Waals surface area contributed by atoms with Crippen molar-refractivity contribution in [2.24, 2.45) is 5.92 Å². The van der Waals surface area contributed by atoms with E-state index in [9.17, 15) is 4.79 Å². The van der Waals surface area contributed by atoms with Gasteiger partial charge in [0.15, 0.2) is 0 Å². The third kappa shape index (κ3) is 4.75. The molecule has 18 heavy (non-hydrogen) atoms. The molecule has 1 aromatic rings. The smallest absolute Gasteiger partial charge is 0.251 e. The van der Waals surface area contributed by atoms with E-state index in [1.807, 2.05) is 26.1 Å². The summed E-state index contributed by atoms with van der Waals surface area (Å²) in [6, 6.07) is 7.19. The zero-order valence-electron chi connectivity index (χ0n) is 11.3. The first-order valence-corrected chi connectivity index (χ1v) is 6.33. The average molecular weight is 250 g/mol. The summed E-state index contributed by atoms with van der Waals surface area (Å²) in [6.45, 7) is 6.22. The summed E-state index contributed by atoms with van der Waals surface area (Å²) in [5.41, 5.74) is 0.662. The quantitative estimate of drug-likeness (QED) is 0.774. The largest absolute Gasteiger partial charge is 0.494 e. The Bertz CT molecular complexity index is 363. The van der Waals surface area contributed by atoms with Gasteiger partial charge in [-0.2, -0.15) is 0 Å². The maximum absolute atomic E-state index is 11.9. The van der Waals surface area contributed by atoms with E-state index in [-0.39, 0.29) is 5.91 Å². The van der Waals surface area contributed by atoms with Crippen molar-refractivity contribution in [3.05, 3.63) is 29.8 Å². The highest BCUT2D eigenvalue weighted by atomic mass is 16.5. The fraction of sp³-hybridized carbons (Fsp3) is 0.500. The molecule has 0 spiro atoms. The zero-order valence-corrected chi connectivity index (χ0v) is 11.3. The lowest BCUT2D eigenvalue weighted by atomic mass is 10.1. The van der Waals surface area contributed by atoms with Gasteiger partial charge in [0.25, 0.3) is 5.91 Å². The second kappa shape index (κ2) is 7.71. The van der Waals surface area contributed by atoms with Crippen molar-refractivity contribution < 1.29 is 9.53 Å². The summed E-state index contributed by atoms with van der Waals surface area (Å²) in [5.74, 6) is 1.17. The molecule has 1 aromatic carbocycles. The van der Waals surface area contributed by atoms with E-state index in [4.69, 9.17) is 4.74 Å². The molecule has 0 aliphatic heterocycles. The second-order valence-electron chi connectivity index (χ2n) is 4.33. The van der Waals surface area contributed by atoms with Crippen molar-refractivity contribution in [3.63, 3.8) is 0 Å². The molecular formula is C14H22N2O2. The third-order valence-electron chi connectivity index (χ3n) is 2.59. The Morgan fingerprint density at radius 1 is 1.28 bits per heavy atom. The number of hydrogen-bond acceptors (Lipinski definition) is 3. The molecule has 1 atom stereocenters. The molecule has 4 heteroatoms. The summed E-state index contributed by atoms with van der Waals surface area (Å²) < 4.78 is 5.33. The average Bonchev–Trinajstić information content (AvgIpc) is 2.37. The molecule has 0 aromatic heterocycles. The van der Waals surface area contributed by atoms with E-state index in [0.717, 1.165) is 12.3 Å². The molecule has 2 N–H and O–H groups in total. The number of ether oxygens (including phenoxy) is 1. The van der Waals surface area contributed by atoms with Crippen LogP contribution in [0.1, 0.15) is 24.2 Å². The highest BCUT2D eigenvalue weighted by Gasteiger charge is 2.07. The lowest BCUT2D eigenvalue weighted by Crippen LogP contribution is -2.32. The molecule has 0 aliphatic carbocycles. The Morgan fingerprint density at radius 3 is 2.50 bits per heavy atom. The van der Waals surface area contributed by atoms with Crippen molar-refractivity contribution in [3.8, 4) is 5.75 Å². The topological polar surface area (TPSA) is 50.4 Å². The van der Waals surface area contributed by atoms with Crippen LogP contribution in [0.4, 0.5) is 0 Å². The second-order valence-corrected chi connectivity index (χ2v) is 4.33. The normalized spacial score (nSPS) is 11.9. The number of carbonyl (C=O) groups is 1. The van der Waals surface area contributed by atoms with Crippen LogP contribution in [0.2, 0.25) is 0 Å². The monoisotopic (exact) mass is 250 g/mol. The van der Waals surface area contributed by atoms with Gasteiger partial charge in [0, 0.05) is 12.1 Å². The molecule has 0 aliphatic rings. The van der Waals surface area contributed by atoms with E-state index in [0.29, 0.717) is 24.6 Å². The van der Waals surface area contributed by atoms with Gasteiger partial charge < -0.3 is 15.4 Å². The zero-order chi connectivity index (χ0) is 13.4. The summed E-state index contributed by atoms with van der Waals surface area (Å²) in [6.07, 6.45) is 0. The summed E-state index contributed by atoms with van der Waals surface area (Å²) in [4.78, 5) is 11.9. The Hall–Kier alpha value is -1.55. The molecule has 4 nitrogen and oxygen atoms in total. The number of hydrogen-bond donors (Lipinski definition) is 2. The summed E-state index contributed by atoms with van der Waals surface area (Å²) in [7, 11) is 1.91. The van der Waals surface area contributed by atoms with E-state index < -0.39 is 0 Å². The molecule has 0 saturated heterocycles. The van der Waals surface area contributed by atoms with Gasteiger partial charge in [-0.05, 0) is 50.7 Å². The van der Waals surface area contributed by atoms with Crippen molar-refractivity contribution in [1.29, 1.82) is 0 Å². The molecule has 0 fully saturated rings. The number of amides is 1. The Balaban J connectivity index is 2.46. The molecule has 0 radical (unpaired) electrons. The van der Waals surface area contributed by atoms with Crippen molar-refractivity contribution in [2.45, 2.75) is 13.8 Å². The van der Waals surface area contributed by atoms with Crippen LogP contribution in [-0.4, -0.2) is 32.7 Å². The molecule has 1 rings (SSSR count). The van der Waals surface area contributed by atoms with Gasteiger partial charge >= 0.3 is 0 Å². The van der Waals surface area contributed by atoms with E-state index >= 15 is 0 Å². The Morgan fingerprint density at radius 2 is 1.94 bits per heavy atom. The SMILES string of the molecule is CCOc1ccc(C(=O)NCC(C)CNC)cc1. The van der Waals surface area contributed by atoms with Gasteiger partial charge in [0.2, 0.25) is 0 Å². The van der Waals surface area contributed by atoms with Crippen molar-refractivity contribution >= 4 is 5.91 Å². The maximum Gasteiger partial charge on any atom is 0.251 e. The van der Waals surface area contributed by atoms with Crippen molar-refractivity contribution in [1.82, 2.24) is 10.6 Å². The van der Waals surface area contributed by atoms with Crippen LogP contribution in [0, 0.1) is 5.92 Å². The van der Waals surface area contributed by atoms with E-state index in [1.54, 1.807) is 12.1 Å². The van der Waals surface area contributed by atoms with Gasteiger partial charge in [0.05, 0.1) is 6.61 Å². The minimum atomic E-state index is -0.0407. The molecule has 1 amide bonds. The molecule has 1 unspecified atom stereocenters. The van der Waals surface area contributed by atoms with E-state index in [1.165, 1.54) is 0 Å². The maximum atomic E-state index is 11.9. The minimum absolute atomic E-state index is 0.0407. The minimum Gasteiger partial charge on any atom is -0.494 e. The fourth-order valence-electron chi connectivity index (χ4n) is 1.66. The van der Waals surface area contributed by atoms with E-state index in [2.05, 4.69) is 17.6 Å². The van der Waals surface area contributed by atoms with Gasteiger partial charge in [-0.1, -0.05) is 6.92 Å². The summed E-state index contributed by atoms with van der Waals surface area (Å²) in [5, 5.41) is 6.00. The van der Waals surface area contributed by atoms with Gasteiger partial charge in [-0.25, -0.2) is 0 Å². The molecule has 0 saturated carbocycles. The first-order chi connectivity index (χ1) is 8.67. The number of rotatable bonds is 7. The number of benzene rings is 1. The van der Waals surface area contributed by atoms with Crippen LogP contribution in [-0.2, 0) is 0 Å². The fourth-order valence-corrected chi connectivity index (χ4v) is 1.66. The number of nitrogens with one attached hydrogen (secondary N) is 2. The summed E-state index contributed by atoms with van der Waals surface area (Å²) >= 11 is 0. The lowest BCUT2D eigenvalue weighted by Gasteiger charge is -2.12. The van der Waals surface area contributed by atoms with Crippen LogP contribution in [0.15, 0.2) is 24.3 Å². The molecule has 100 valence electrons. The lowest BCUT2D eigenvalue weighted by molar-refractivity contribution is 0.0948. The Kier molecular flexibility index (Phi) is 6.22. The van der Waals surface area contributed by atoms with Crippen LogP contribution in [0.25, 0.3) is 0 Å². The standard InChI is InChI=1S/C14H22N2O2/c1-4-18-13-7-5-12(6-8-13)14(17)16-10-11(2)9-15-3/h5-8,11,15H,4,9-10H2,1-3H3,(H,16,17). The molecule has 0 heterocycles. The molecule has 0 bridgehead atoms. The predicted molar refractivity (Wildman–Crippen MR) is 73.0 cm³/mol. The first kappa shape index (κ1) is 14.5. The highest BCUT2D eigenvalue weighted by Crippen LogP contribution is 2.11. The third-order valence-corrected chi connectivity index (χ3v) is 2.59. The highest BCUT2D eigenvalue weighted by molar-refractivity contribution is 5.94. The van der Waals surface area contributed by atoms with Crippen LogP contribution < -0.4 is 15.4 Å². The number of carbonyl (C=O) groups excluding carboxylic acids is 1. The first-order valence-electron chi connectivity index (χ1n) is 6.33. The Labute approximate surface area is 109 Å². The van der Waals surface area contributed by atoms with Gasteiger partial charge in [0.1, 0.15) is 5.75 Å².